The van der Waals surface area contributed by atoms with E-state index in [0.29, 0.717) is 30.5 Å². The number of carbonyl (C=O) groups is 2. The predicted molar refractivity (Wildman–Crippen MR) is 130 cm³/mol. The van der Waals surface area contributed by atoms with E-state index in [1.807, 2.05) is 24.9 Å². The molecule has 186 valence electrons. The zero-order valence-electron chi connectivity index (χ0n) is 20.4. The Morgan fingerprint density at radius 1 is 1.27 bits per heavy atom. The quantitative estimate of drug-likeness (QED) is 0.459. The Morgan fingerprint density at radius 2 is 2.00 bits per heavy atom. The van der Waals surface area contributed by atoms with Crippen LogP contribution in [0.2, 0.25) is 0 Å². The lowest BCUT2D eigenvalue weighted by Gasteiger charge is -2.54. The van der Waals surface area contributed by atoms with E-state index in [0.717, 1.165) is 43.2 Å². The zero-order valence-corrected chi connectivity index (χ0v) is 20.4. The number of guanidine groups is 1. The van der Waals surface area contributed by atoms with Gasteiger partial charge in [-0.3, -0.25) is 4.79 Å². The molecule has 5 atom stereocenters. The number of piperazine rings is 1. The highest BCUT2D eigenvalue weighted by Gasteiger charge is 2.66. The Kier molecular flexibility index (Phi) is 8.22. The van der Waals surface area contributed by atoms with Crippen LogP contribution in [0.4, 0.5) is 0 Å². The molecule has 5 unspecified atom stereocenters. The summed E-state index contributed by atoms with van der Waals surface area (Å²) >= 11 is 0. The number of aliphatic imine (C=N–C) groups is 1. The summed E-state index contributed by atoms with van der Waals surface area (Å²) in [5.41, 5.74) is 8.28. The predicted octanol–water partition coefficient (Wildman–Crippen LogP) is 1.55. The monoisotopic (exact) mass is 461 g/mol. The molecule has 5 rings (SSSR count). The van der Waals surface area contributed by atoms with Crippen LogP contribution >= 0.6 is 0 Å². The van der Waals surface area contributed by atoms with Gasteiger partial charge < -0.3 is 31.1 Å². The van der Waals surface area contributed by atoms with Gasteiger partial charge in [-0.1, -0.05) is 32.6 Å². The Hall–Kier alpha value is -1.93. The van der Waals surface area contributed by atoms with Crippen LogP contribution < -0.4 is 11.1 Å². The normalized spacial score (nSPS) is 35.8. The first kappa shape index (κ1) is 25.7. The molecule has 0 aromatic rings. The topological polar surface area (TPSA) is 123 Å². The van der Waals surface area contributed by atoms with E-state index in [2.05, 4.69) is 17.2 Å². The molecule has 8 nitrogen and oxygen atoms in total. The average Bonchev–Trinajstić information content (AvgIpc) is 3.45. The van der Waals surface area contributed by atoms with Crippen molar-refractivity contribution in [1.82, 2.24) is 15.1 Å². The van der Waals surface area contributed by atoms with Gasteiger partial charge >= 0.3 is 0 Å². The Balaban J connectivity index is 0.000000994. The summed E-state index contributed by atoms with van der Waals surface area (Å²) in [7, 11) is 1.85. The molecule has 0 aromatic heterocycles. The second kappa shape index (κ2) is 10.6. The minimum Gasteiger partial charge on any atom is -0.412 e. The number of carbonyl (C=O) groups excluding carboxylic acids is 2. The molecule has 1 heterocycles. The van der Waals surface area contributed by atoms with Gasteiger partial charge in [0, 0.05) is 38.9 Å². The van der Waals surface area contributed by atoms with Gasteiger partial charge in [-0.15, -0.1) is 0 Å². The van der Waals surface area contributed by atoms with Crippen molar-refractivity contribution in [3.05, 3.63) is 11.8 Å². The summed E-state index contributed by atoms with van der Waals surface area (Å²) in [4.78, 5) is 28.3. The minimum atomic E-state index is 0. The summed E-state index contributed by atoms with van der Waals surface area (Å²) in [5, 5.41) is 3.96. The van der Waals surface area contributed by atoms with Gasteiger partial charge in [0.1, 0.15) is 6.79 Å². The van der Waals surface area contributed by atoms with Crippen molar-refractivity contribution in [2.24, 2.45) is 39.8 Å². The number of hydrogen-bond acceptors (Lipinski definition) is 4. The number of rotatable bonds is 6. The number of nitrogens with one attached hydrogen (secondary N) is 1. The molecule has 1 saturated heterocycles. The summed E-state index contributed by atoms with van der Waals surface area (Å²) in [5.74, 6) is 4.17. The van der Waals surface area contributed by atoms with Crippen LogP contribution in [0.1, 0.15) is 58.3 Å². The van der Waals surface area contributed by atoms with Gasteiger partial charge in [0.25, 0.3) is 0 Å². The van der Waals surface area contributed by atoms with E-state index in [1.54, 1.807) is 4.90 Å². The van der Waals surface area contributed by atoms with Crippen molar-refractivity contribution in [2.75, 3.05) is 33.2 Å². The lowest BCUT2D eigenvalue weighted by atomic mass is 9.53. The molecule has 1 amide bonds. The number of likely N-dealkylation sites (N-methyl/N-ethyl adjacent to an activating group) is 1. The van der Waals surface area contributed by atoms with Crippen LogP contribution in [0, 0.1) is 29.1 Å². The average molecular weight is 462 g/mol. The van der Waals surface area contributed by atoms with E-state index in [9.17, 15) is 4.79 Å². The maximum Gasteiger partial charge on any atom is 0.242 e. The van der Waals surface area contributed by atoms with Crippen LogP contribution in [0.3, 0.4) is 0 Å². The third kappa shape index (κ3) is 4.97. The Bertz CT molecular complexity index is 765. The highest BCUT2D eigenvalue weighted by molar-refractivity contribution is 5.86. The fourth-order valence-electron chi connectivity index (χ4n) is 7.35. The van der Waals surface area contributed by atoms with E-state index < -0.39 is 0 Å². The number of nitrogens with two attached hydrogens (primary N) is 1. The molecule has 4 aliphatic carbocycles. The van der Waals surface area contributed by atoms with Crippen LogP contribution in [-0.2, 0) is 9.59 Å². The van der Waals surface area contributed by atoms with Gasteiger partial charge in [-0.25, -0.2) is 4.99 Å². The van der Waals surface area contributed by atoms with Crippen molar-refractivity contribution < 1.29 is 15.1 Å². The third-order valence-electron chi connectivity index (χ3n) is 9.30. The lowest BCUT2D eigenvalue weighted by Crippen LogP contribution is -2.54. The van der Waals surface area contributed by atoms with Crippen molar-refractivity contribution in [3.8, 4) is 0 Å². The summed E-state index contributed by atoms with van der Waals surface area (Å²) < 4.78 is 0. The maximum atomic E-state index is 12.0. The third-order valence-corrected chi connectivity index (χ3v) is 9.30. The first-order valence-corrected chi connectivity index (χ1v) is 12.5. The molecular weight excluding hydrogens is 418 g/mol. The molecule has 33 heavy (non-hydrogen) atoms. The molecular formula is C25H43N5O3. The molecule has 4 saturated carbocycles. The molecule has 5 fully saturated rings. The standard InChI is InChI=1S/C24H39N5O.CH2O.H2O/c1-24-12-18-10-19(24)11-20(24)22(18)26-13-17(9-16-5-3-4-6-16)14-27-23(25)29-8-7-28(2)21(30)15-29;1-2;/h14,16,18-20,22,26H,3-13,15H2,1-2H3,(H2,25,27);1H2;1H2/b17-14+;;. The molecule has 0 spiro atoms. The first-order valence-electron chi connectivity index (χ1n) is 12.5. The van der Waals surface area contributed by atoms with Crippen molar-refractivity contribution in [3.63, 3.8) is 0 Å². The van der Waals surface area contributed by atoms with Gasteiger partial charge in [0.15, 0.2) is 5.96 Å². The summed E-state index contributed by atoms with van der Waals surface area (Å²) in [6, 6.07) is 0.698. The highest BCUT2D eigenvalue weighted by atomic mass is 16.2. The number of hydrogen-bond donors (Lipinski definition) is 2. The van der Waals surface area contributed by atoms with Crippen LogP contribution in [0.25, 0.3) is 0 Å². The molecule has 0 aromatic carbocycles. The van der Waals surface area contributed by atoms with E-state index in [-0.39, 0.29) is 11.4 Å². The van der Waals surface area contributed by atoms with E-state index in [4.69, 9.17) is 10.5 Å². The fraction of sp³-hybridized carbons (Fsp3) is 0.800. The molecule has 8 heteroatoms. The van der Waals surface area contributed by atoms with Gasteiger partial charge in [-0.05, 0) is 60.3 Å². The van der Waals surface area contributed by atoms with E-state index in [1.165, 1.54) is 50.5 Å². The van der Waals surface area contributed by atoms with Crippen molar-refractivity contribution >= 4 is 18.7 Å². The first-order chi connectivity index (χ1) is 15.4. The molecule has 0 radical (unpaired) electrons. The largest absolute Gasteiger partial charge is 0.412 e. The lowest BCUT2D eigenvalue weighted by molar-refractivity contribution is -0.132. The SMILES string of the molecule is C=O.CN1CCN(C(N)=N/C=C(/CNC2C3CC4CC2C4(C)C3)CC2CCCC2)CC1=O.O. The minimum absolute atomic E-state index is 0. The molecule has 1 aliphatic heterocycles. The van der Waals surface area contributed by atoms with Gasteiger partial charge in [0.05, 0.1) is 6.54 Å². The summed E-state index contributed by atoms with van der Waals surface area (Å²) in [6.45, 7) is 7.27. The van der Waals surface area contributed by atoms with Crippen LogP contribution in [0.15, 0.2) is 16.8 Å². The molecule has 5 N–H and O–H groups in total. The summed E-state index contributed by atoms with van der Waals surface area (Å²) in [6.07, 6.45) is 12.9. The second-order valence-corrected chi connectivity index (χ2v) is 11.0. The van der Waals surface area contributed by atoms with Crippen molar-refractivity contribution in [2.45, 2.75) is 64.3 Å². The van der Waals surface area contributed by atoms with E-state index >= 15 is 0 Å². The van der Waals surface area contributed by atoms with Crippen LogP contribution in [0.5, 0.6) is 0 Å². The number of fused-ring (bicyclic) bond motifs is 1. The molecule has 2 bridgehead atoms. The molecule has 5 aliphatic rings. The Morgan fingerprint density at radius 3 is 2.61 bits per heavy atom. The Labute approximate surface area is 198 Å². The van der Waals surface area contributed by atoms with Crippen molar-refractivity contribution in [1.29, 1.82) is 0 Å². The number of amides is 1. The van der Waals surface area contributed by atoms with Gasteiger partial charge in [0.2, 0.25) is 5.91 Å². The zero-order chi connectivity index (χ0) is 22.9. The smallest absolute Gasteiger partial charge is 0.242 e. The fourth-order valence-corrected chi connectivity index (χ4v) is 7.35. The van der Waals surface area contributed by atoms with Gasteiger partial charge in [-0.2, -0.15) is 0 Å². The maximum absolute atomic E-state index is 12.0. The van der Waals surface area contributed by atoms with Crippen LogP contribution in [-0.4, -0.2) is 73.2 Å². The number of nitrogens with zero attached hydrogens (tertiary/aromatic N) is 3. The second-order valence-electron chi connectivity index (χ2n) is 11.0. The highest BCUT2D eigenvalue weighted by Crippen LogP contribution is 2.71.